The molecule has 0 heterocycles. The van der Waals surface area contributed by atoms with Gasteiger partial charge in [0.25, 0.3) is 0 Å². The summed E-state index contributed by atoms with van der Waals surface area (Å²) in [5.74, 6) is 0.847. The van der Waals surface area contributed by atoms with E-state index in [1.165, 1.54) is 37.7 Å². The second-order valence-electron chi connectivity index (χ2n) is 5.90. The molecule has 0 spiro atoms. The van der Waals surface area contributed by atoms with Gasteiger partial charge in [-0.2, -0.15) is 0 Å². The number of hydrogen-bond acceptors (Lipinski definition) is 1. The second kappa shape index (κ2) is 5.68. The fourth-order valence-corrected chi connectivity index (χ4v) is 2.89. The number of rotatable bonds is 4. The molecule has 0 radical (unpaired) electrons. The second-order valence-corrected chi connectivity index (χ2v) is 5.90. The van der Waals surface area contributed by atoms with E-state index < -0.39 is 0 Å². The first kappa shape index (κ1) is 12.6. The molecule has 94 valence electrons. The Bertz CT molecular complexity index is 323. The van der Waals surface area contributed by atoms with Crippen LogP contribution >= 0.6 is 0 Å². The highest BCUT2D eigenvalue weighted by molar-refractivity contribution is 5.14. The molecule has 1 aromatic rings. The Labute approximate surface area is 106 Å². The van der Waals surface area contributed by atoms with Gasteiger partial charge < -0.3 is 5.32 Å². The fraction of sp³-hybridized carbons (Fsp3) is 0.625. The van der Waals surface area contributed by atoms with Gasteiger partial charge >= 0.3 is 0 Å². The minimum Gasteiger partial charge on any atom is -0.307 e. The molecule has 0 aliphatic heterocycles. The Hall–Kier alpha value is -0.820. The summed E-state index contributed by atoms with van der Waals surface area (Å²) >= 11 is 0. The minimum absolute atomic E-state index is 0.274. The molecule has 1 aliphatic carbocycles. The molecule has 0 aromatic heterocycles. The smallest absolute Gasteiger partial charge is 0.0210 e. The molecule has 1 aliphatic rings. The molecule has 1 nitrogen and oxygen atoms in total. The highest BCUT2D eigenvalue weighted by Crippen LogP contribution is 2.32. The topological polar surface area (TPSA) is 12.0 Å². The van der Waals surface area contributed by atoms with E-state index >= 15 is 0 Å². The molecule has 0 unspecified atom stereocenters. The van der Waals surface area contributed by atoms with Gasteiger partial charge in [0.1, 0.15) is 0 Å². The SMILES string of the molecule is CC(C)(NCc1ccccc1)C1CCCCC1. The van der Waals surface area contributed by atoms with Crippen LogP contribution in [0.2, 0.25) is 0 Å². The maximum Gasteiger partial charge on any atom is 0.0210 e. The van der Waals surface area contributed by atoms with Crippen LogP contribution in [0.5, 0.6) is 0 Å². The highest BCUT2D eigenvalue weighted by Gasteiger charge is 2.29. The first-order valence-electron chi connectivity index (χ1n) is 6.97. The Morgan fingerprint density at radius 2 is 1.71 bits per heavy atom. The van der Waals surface area contributed by atoms with E-state index in [4.69, 9.17) is 0 Å². The summed E-state index contributed by atoms with van der Waals surface area (Å²) in [5, 5.41) is 3.74. The van der Waals surface area contributed by atoms with Crippen molar-refractivity contribution in [3.8, 4) is 0 Å². The van der Waals surface area contributed by atoms with Crippen LogP contribution in [0.1, 0.15) is 51.5 Å². The summed E-state index contributed by atoms with van der Waals surface area (Å²) in [5.41, 5.74) is 1.66. The summed E-state index contributed by atoms with van der Waals surface area (Å²) < 4.78 is 0. The molecule has 0 amide bonds. The van der Waals surface area contributed by atoms with E-state index in [-0.39, 0.29) is 5.54 Å². The maximum absolute atomic E-state index is 3.74. The van der Waals surface area contributed by atoms with Gasteiger partial charge in [-0.25, -0.2) is 0 Å². The molecule has 0 bridgehead atoms. The van der Waals surface area contributed by atoms with Crippen LogP contribution in [0.15, 0.2) is 30.3 Å². The molecule has 1 aromatic carbocycles. The molecule has 17 heavy (non-hydrogen) atoms. The lowest BCUT2D eigenvalue weighted by Crippen LogP contribution is -2.46. The summed E-state index contributed by atoms with van der Waals surface area (Å²) in [7, 11) is 0. The van der Waals surface area contributed by atoms with Crippen molar-refractivity contribution in [1.82, 2.24) is 5.32 Å². The highest BCUT2D eigenvalue weighted by atomic mass is 15.0. The normalized spacial score (nSPS) is 18.2. The van der Waals surface area contributed by atoms with Gasteiger partial charge in [-0.15, -0.1) is 0 Å². The summed E-state index contributed by atoms with van der Waals surface area (Å²) in [6, 6.07) is 10.7. The van der Waals surface area contributed by atoms with Gasteiger partial charge in [-0.1, -0.05) is 49.6 Å². The van der Waals surface area contributed by atoms with Crippen LogP contribution < -0.4 is 5.32 Å². The predicted octanol–water partition coefficient (Wildman–Crippen LogP) is 4.14. The van der Waals surface area contributed by atoms with Crippen LogP contribution in [-0.4, -0.2) is 5.54 Å². The van der Waals surface area contributed by atoms with Crippen LogP contribution in [0.25, 0.3) is 0 Å². The van der Waals surface area contributed by atoms with Crippen molar-refractivity contribution in [1.29, 1.82) is 0 Å². The average Bonchev–Trinajstić information content (AvgIpc) is 2.39. The van der Waals surface area contributed by atoms with Crippen LogP contribution in [-0.2, 0) is 6.54 Å². The Kier molecular flexibility index (Phi) is 4.22. The van der Waals surface area contributed by atoms with Crippen molar-refractivity contribution in [2.45, 2.75) is 58.0 Å². The third-order valence-electron chi connectivity index (χ3n) is 4.22. The van der Waals surface area contributed by atoms with Gasteiger partial charge in [0.2, 0.25) is 0 Å². The van der Waals surface area contributed by atoms with Crippen molar-refractivity contribution >= 4 is 0 Å². The first-order valence-corrected chi connectivity index (χ1v) is 6.97. The van der Waals surface area contributed by atoms with Gasteiger partial charge in [0.15, 0.2) is 0 Å². The summed E-state index contributed by atoms with van der Waals surface area (Å²) in [4.78, 5) is 0. The Morgan fingerprint density at radius 3 is 2.35 bits per heavy atom. The van der Waals surface area contributed by atoms with Crippen molar-refractivity contribution in [3.63, 3.8) is 0 Å². The lowest BCUT2D eigenvalue weighted by atomic mass is 9.76. The van der Waals surface area contributed by atoms with Gasteiger partial charge in [0, 0.05) is 12.1 Å². The minimum atomic E-state index is 0.274. The molecule has 0 saturated heterocycles. The fourth-order valence-electron chi connectivity index (χ4n) is 2.89. The summed E-state index contributed by atoms with van der Waals surface area (Å²) in [6.07, 6.45) is 7.07. The van der Waals surface area contributed by atoms with Crippen LogP contribution in [0, 0.1) is 5.92 Å². The number of benzene rings is 1. The van der Waals surface area contributed by atoms with Gasteiger partial charge in [0.05, 0.1) is 0 Å². The van der Waals surface area contributed by atoms with Crippen molar-refractivity contribution in [2.24, 2.45) is 5.92 Å². The van der Waals surface area contributed by atoms with E-state index in [1.54, 1.807) is 0 Å². The van der Waals surface area contributed by atoms with Crippen molar-refractivity contribution < 1.29 is 0 Å². The van der Waals surface area contributed by atoms with Crippen molar-refractivity contribution in [2.75, 3.05) is 0 Å². The van der Waals surface area contributed by atoms with Crippen LogP contribution in [0.3, 0.4) is 0 Å². The lowest BCUT2D eigenvalue weighted by Gasteiger charge is -2.38. The van der Waals surface area contributed by atoms with Crippen molar-refractivity contribution in [3.05, 3.63) is 35.9 Å². The third kappa shape index (κ3) is 3.57. The number of nitrogens with one attached hydrogen (secondary N) is 1. The van der Waals surface area contributed by atoms with E-state index in [0.29, 0.717) is 0 Å². The Balaban J connectivity index is 1.88. The van der Waals surface area contributed by atoms with E-state index in [9.17, 15) is 0 Å². The first-order chi connectivity index (χ1) is 8.18. The van der Waals surface area contributed by atoms with E-state index in [2.05, 4.69) is 49.5 Å². The van der Waals surface area contributed by atoms with E-state index in [0.717, 1.165) is 12.5 Å². The van der Waals surface area contributed by atoms with E-state index in [1.807, 2.05) is 0 Å². The monoisotopic (exact) mass is 231 g/mol. The lowest BCUT2D eigenvalue weighted by molar-refractivity contribution is 0.193. The third-order valence-corrected chi connectivity index (χ3v) is 4.22. The average molecular weight is 231 g/mol. The molecule has 1 N–H and O–H groups in total. The standard InChI is InChI=1S/C16H25N/c1-16(2,15-11-7-4-8-12-15)17-13-14-9-5-3-6-10-14/h3,5-6,9-10,15,17H,4,7-8,11-13H2,1-2H3. The van der Waals surface area contributed by atoms with Gasteiger partial charge in [-0.3, -0.25) is 0 Å². The molecule has 2 rings (SSSR count). The molecule has 1 heteroatoms. The number of hydrogen-bond donors (Lipinski definition) is 1. The van der Waals surface area contributed by atoms with Gasteiger partial charge in [-0.05, 0) is 38.2 Å². The zero-order valence-electron chi connectivity index (χ0n) is 11.2. The largest absolute Gasteiger partial charge is 0.307 e. The molecular formula is C16H25N. The molecule has 1 fully saturated rings. The zero-order chi connectivity index (χ0) is 12.1. The predicted molar refractivity (Wildman–Crippen MR) is 73.9 cm³/mol. The Morgan fingerprint density at radius 1 is 1.06 bits per heavy atom. The maximum atomic E-state index is 3.74. The quantitative estimate of drug-likeness (QED) is 0.821. The molecule has 1 saturated carbocycles. The summed E-state index contributed by atoms with van der Waals surface area (Å²) in [6.45, 7) is 5.72. The molecule has 0 atom stereocenters. The zero-order valence-corrected chi connectivity index (χ0v) is 11.2. The molecular weight excluding hydrogens is 206 g/mol. The van der Waals surface area contributed by atoms with Crippen LogP contribution in [0.4, 0.5) is 0 Å².